The predicted octanol–water partition coefficient (Wildman–Crippen LogP) is 5.19. The first-order valence-electron chi connectivity index (χ1n) is 11.1. The number of aromatic nitrogens is 2. The van der Waals surface area contributed by atoms with Gasteiger partial charge in [-0.15, -0.1) is 11.3 Å². The molecule has 0 bridgehead atoms. The van der Waals surface area contributed by atoms with Crippen LogP contribution in [0.5, 0.6) is 0 Å². The van der Waals surface area contributed by atoms with Crippen molar-refractivity contribution in [2.75, 3.05) is 31.1 Å². The molecule has 2 aromatic carbocycles. The van der Waals surface area contributed by atoms with Gasteiger partial charge >= 0.3 is 0 Å². The van der Waals surface area contributed by atoms with E-state index in [0.29, 0.717) is 13.1 Å². The summed E-state index contributed by atoms with van der Waals surface area (Å²) in [6.45, 7) is 7.11. The van der Waals surface area contributed by atoms with Gasteiger partial charge in [0.1, 0.15) is 17.0 Å². The van der Waals surface area contributed by atoms with Crippen LogP contribution < -0.4 is 4.90 Å². The van der Waals surface area contributed by atoms with E-state index in [9.17, 15) is 4.79 Å². The van der Waals surface area contributed by atoms with E-state index in [-0.39, 0.29) is 5.91 Å². The summed E-state index contributed by atoms with van der Waals surface area (Å²) in [7, 11) is 0. The first kappa shape index (κ1) is 20.6. The van der Waals surface area contributed by atoms with E-state index in [4.69, 9.17) is 0 Å². The SMILES string of the molecule is CCc1ccc(C(=O)N2CCN(c3ncnc4scc(-c5ccc(C)cc5)c34)CC2)cc1. The summed E-state index contributed by atoms with van der Waals surface area (Å²) in [4.78, 5) is 27.4. The predicted molar refractivity (Wildman–Crippen MR) is 132 cm³/mol. The molecule has 1 aliphatic rings. The number of carbonyl (C=O) groups is 1. The van der Waals surface area contributed by atoms with E-state index in [1.54, 1.807) is 17.7 Å². The normalized spacial score (nSPS) is 14.2. The molecule has 32 heavy (non-hydrogen) atoms. The van der Waals surface area contributed by atoms with Crippen molar-refractivity contribution >= 4 is 33.3 Å². The van der Waals surface area contributed by atoms with Gasteiger partial charge in [-0.1, -0.05) is 48.9 Å². The number of thiophene rings is 1. The molecule has 1 saturated heterocycles. The molecule has 1 amide bonds. The molecule has 0 saturated carbocycles. The molecule has 0 unspecified atom stereocenters. The Labute approximate surface area is 192 Å². The highest BCUT2D eigenvalue weighted by Crippen LogP contribution is 2.38. The van der Waals surface area contributed by atoms with Crippen LogP contribution in [0.2, 0.25) is 0 Å². The lowest BCUT2D eigenvalue weighted by Crippen LogP contribution is -2.49. The largest absolute Gasteiger partial charge is 0.352 e. The van der Waals surface area contributed by atoms with E-state index < -0.39 is 0 Å². The lowest BCUT2D eigenvalue weighted by molar-refractivity contribution is 0.0746. The van der Waals surface area contributed by atoms with E-state index in [1.807, 2.05) is 29.2 Å². The highest BCUT2D eigenvalue weighted by Gasteiger charge is 2.25. The lowest BCUT2D eigenvalue weighted by Gasteiger charge is -2.35. The van der Waals surface area contributed by atoms with Crippen LogP contribution in [0.15, 0.2) is 60.2 Å². The summed E-state index contributed by atoms with van der Waals surface area (Å²) >= 11 is 1.65. The Hall–Kier alpha value is -3.25. The fraction of sp³-hybridized carbons (Fsp3) is 0.269. The van der Waals surface area contributed by atoms with Crippen molar-refractivity contribution in [2.45, 2.75) is 20.3 Å². The van der Waals surface area contributed by atoms with Crippen LogP contribution in [0.25, 0.3) is 21.3 Å². The van der Waals surface area contributed by atoms with E-state index in [1.165, 1.54) is 22.3 Å². The maximum Gasteiger partial charge on any atom is 0.253 e. The van der Waals surface area contributed by atoms with Crippen LogP contribution in [0.3, 0.4) is 0 Å². The second-order valence-corrected chi connectivity index (χ2v) is 9.08. The molecule has 0 N–H and O–H groups in total. The molecule has 6 heteroatoms. The van der Waals surface area contributed by atoms with Crippen LogP contribution in [-0.2, 0) is 6.42 Å². The Morgan fingerprint density at radius 1 is 0.969 bits per heavy atom. The zero-order valence-corrected chi connectivity index (χ0v) is 19.2. The summed E-state index contributed by atoms with van der Waals surface area (Å²) in [5.41, 5.74) is 5.62. The fourth-order valence-electron chi connectivity index (χ4n) is 4.23. The standard InChI is InChI=1S/C26H26N4OS/c1-3-19-6-10-21(11-7-19)26(31)30-14-12-29(13-15-30)24-23-22(16-32-25(23)28-17-27-24)20-8-4-18(2)5-9-20/h4-11,16-17H,3,12-15H2,1-2H3. The molecular weight excluding hydrogens is 416 g/mol. The van der Waals surface area contributed by atoms with Gasteiger partial charge in [0.05, 0.1) is 5.39 Å². The van der Waals surface area contributed by atoms with Gasteiger partial charge in [0, 0.05) is 42.7 Å². The lowest BCUT2D eigenvalue weighted by atomic mass is 10.0. The van der Waals surface area contributed by atoms with Gasteiger partial charge in [-0.05, 0) is 36.6 Å². The number of amides is 1. The Kier molecular flexibility index (Phi) is 5.62. The number of rotatable bonds is 4. The molecule has 162 valence electrons. The minimum absolute atomic E-state index is 0.107. The molecule has 0 spiro atoms. The van der Waals surface area contributed by atoms with E-state index >= 15 is 0 Å². The molecule has 2 aromatic heterocycles. The number of nitrogens with zero attached hydrogens (tertiary/aromatic N) is 4. The second kappa shape index (κ2) is 8.71. The van der Waals surface area contributed by atoms with Gasteiger partial charge in [-0.2, -0.15) is 0 Å². The monoisotopic (exact) mass is 442 g/mol. The second-order valence-electron chi connectivity index (χ2n) is 8.22. The molecule has 3 heterocycles. The zero-order valence-electron chi connectivity index (χ0n) is 18.4. The minimum atomic E-state index is 0.107. The number of anilines is 1. The van der Waals surface area contributed by atoms with Gasteiger partial charge < -0.3 is 9.80 Å². The van der Waals surface area contributed by atoms with Crippen molar-refractivity contribution in [3.63, 3.8) is 0 Å². The molecule has 5 nitrogen and oxygen atoms in total. The molecule has 5 rings (SSSR count). The highest BCUT2D eigenvalue weighted by atomic mass is 32.1. The Morgan fingerprint density at radius 2 is 1.69 bits per heavy atom. The third-order valence-corrected chi connectivity index (χ3v) is 7.07. The average Bonchev–Trinajstić information content (AvgIpc) is 3.29. The van der Waals surface area contributed by atoms with Crippen LogP contribution in [-0.4, -0.2) is 47.0 Å². The van der Waals surface area contributed by atoms with Gasteiger partial charge in [0.2, 0.25) is 0 Å². The molecule has 0 atom stereocenters. The maximum absolute atomic E-state index is 13.0. The first-order valence-corrected chi connectivity index (χ1v) is 11.9. The Morgan fingerprint density at radius 3 is 2.38 bits per heavy atom. The van der Waals surface area contributed by atoms with E-state index in [0.717, 1.165) is 41.1 Å². The zero-order chi connectivity index (χ0) is 22.1. The van der Waals surface area contributed by atoms with Gasteiger partial charge in [0.15, 0.2) is 0 Å². The molecule has 0 radical (unpaired) electrons. The smallest absolute Gasteiger partial charge is 0.253 e. The molecule has 1 aliphatic heterocycles. The average molecular weight is 443 g/mol. The topological polar surface area (TPSA) is 49.3 Å². The number of aryl methyl sites for hydroxylation is 2. The third kappa shape index (κ3) is 3.86. The van der Waals surface area contributed by atoms with Crippen molar-refractivity contribution in [3.8, 4) is 11.1 Å². The third-order valence-electron chi connectivity index (χ3n) is 6.19. The van der Waals surface area contributed by atoms with Crippen molar-refractivity contribution in [1.82, 2.24) is 14.9 Å². The Balaban J connectivity index is 1.37. The van der Waals surface area contributed by atoms with Crippen molar-refractivity contribution in [3.05, 3.63) is 76.9 Å². The molecular formula is C26H26N4OS. The van der Waals surface area contributed by atoms with Crippen LogP contribution in [0.4, 0.5) is 5.82 Å². The first-order chi connectivity index (χ1) is 15.6. The molecule has 4 aromatic rings. The van der Waals surface area contributed by atoms with Gasteiger partial charge in [0.25, 0.3) is 5.91 Å². The Bertz CT molecular complexity index is 1240. The number of hydrogen-bond acceptors (Lipinski definition) is 5. The van der Waals surface area contributed by atoms with Crippen molar-refractivity contribution in [1.29, 1.82) is 0 Å². The highest BCUT2D eigenvalue weighted by molar-refractivity contribution is 7.17. The fourth-order valence-corrected chi connectivity index (χ4v) is 5.14. The molecule has 1 fully saturated rings. The number of hydrogen-bond donors (Lipinski definition) is 0. The molecule has 0 aliphatic carbocycles. The van der Waals surface area contributed by atoms with Gasteiger partial charge in [-0.3, -0.25) is 4.79 Å². The van der Waals surface area contributed by atoms with Crippen molar-refractivity contribution in [2.24, 2.45) is 0 Å². The number of fused-ring (bicyclic) bond motifs is 1. The number of carbonyl (C=O) groups excluding carboxylic acids is 1. The summed E-state index contributed by atoms with van der Waals surface area (Å²) in [5.74, 6) is 1.07. The van der Waals surface area contributed by atoms with Crippen LogP contribution in [0.1, 0.15) is 28.4 Å². The maximum atomic E-state index is 13.0. The summed E-state index contributed by atoms with van der Waals surface area (Å²) < 4.78 is 0. The van der Waals surface area contributed by atoms with Crippen molar-refractivity contribution < 1.29 is 4.79 Å². The summed E-state index contributed by atoms with van der Waals surface area (Å²) in [6.07, 6.45) is 2.63. The number of benzene rings is 2. The van der Waals surface area contributed by atoms with Crippen LogP contribution in [0, 0.1) is 6.92 Å². The number of piperazine rings is 1. The quantitative estimate of drug-likeness (QED) is 0.436. The van der Waals surface area contributed by atoms with Gasteiger partial charge in [-0.25, -0.2) is 9.97 Å². The summed E-state index contributed by atoms with van der Waals surface area (Å²) in [5, 5.41) is 3.28. The minimum Gasteiger partial charge on any atom is -0.352 e. The summed E-state index contributed by atoms with van der Waals surface area (Å²) in [6, 6.07) is 16.6. The van der Waals surface area contributed by atoms with Crippen LogP contribution >= 0.6 is 11.3 Å². The van der Waals surface area contributed by atoms with E-state index in [2.05, 4.69) is 58.4 Å².